The molecule has 19 heavy (non-hydrogen) atoms. The van der Waals surface area contributed by atoms with E-state index < -0.39 is 17.6 Å². The fourth-order valence-electron chi connectivity index (χ4n) is 1.62. The molecule has 0 atom stereocenters. The molecule has 0 aliphatic rings. The van der Waals surface area contributed by atoms with Crippen LogP contribution in [0.25, 0.3) is 0 Å². The summed E-state index contributed by atoms with van der Waals surface area (Å²) in [6.07, 6.45) is -2.89. The van der Waals surface area contributed by atoms with Gasteiger partial charge < -0.3 is 5.73 Å². The average Bonchev–Trinajstić information content (AvgIpc) is 2.80. The van der Waals surface area contributed by atoms with E-state index in [1.807, 2.05) is 0 Å². The number of alkyl halides is 3. The van der Waals surface area contributed by atoms with Gasteiger partial charge in [-0.15, -0.1) is 0 Å². The van der Waals surface area contributed by atoms with Gasteiger partial charge in [0.15, 0.2) is 0 Å². The topological polar surface area (TPSA) is 43.8 Å². The number of aromatic nitrogens is 2. The summed E-state index contributed by atoms with van der Waals surface area (Å²) in [6, 6.07) is 4.39. The number of halogens is 4. The van der Waals surface area contributed by atoms with Crippen molar-refractivity contribution in [3.8, 4) is 0 Å². The number of nitrogens with two attached hydrogens (primary N) is 1. The normalized spacial score (nSPS) is 11.8. The highest BCUT2D eigenvalue weighted by molar-refractivity contribution is 5.24. The minimum atomic E-state index is -4.44. The highest BCUT2D eigenvalue weighted by Gasteiger charge is 2.32. The molecule has 0 saturated heterocycles. The molecule has 0 saturated carbocycles. The number of hydrogen-bond acceptors (Lipinski definition) is 2. The summed E-state index contributed by atoms with van der Waals surface area (Å²) in [7, 11) is 0. The Balaban J connectivity index is 2.20. The maximum Gasteiger partial charge on any atom is 0.419 e. The largest absolute Gasteiger partial charge is 0.419 e. The summed E-state index contributed by atoms with van der Waals surface area (Å²) < 4.78 is 51.8. The van der Waals surface area contributed by atoms with E-state index in [1.54, 1.807) is 6.07 Å². The van der Waals surface area contributed by atoms with E-state index in [4.69, 9.17) is 5.73 Å². The first-order chi connectivity index (χ1) is 8.90. The van der Waals surface area contributed by atoms with Crippen molar-refractivity contribution in [3.63, 3.8) is 0 Å². The van der Waals surface area contributed by atoms with Crippen molar-refractivity contribution in [1.82, 2.24) is 9.78 Å². The SMILES string of the molecule is NCc1ccc(Cn2cc(C(F)(F)F)cn2)c(F)c1. The Morgan fingerprint density at radius 3 is 2.53 bits per heavy atom. The second-order valence-electron chi connectivity index (χ2n) is 4.05. The second kappa shape index (κ2) is 5.00. The third kappa shape index (κ3) is 3.11. The van der Waals surface area contributed by atoms with Crippen molar-refractivity contribution < 1.29 is 17.6 Å². The molecule has 1 aromatic carbocycles. The van der Waals surface area contributed by atoms with E-state index in [2.05, 4.69) is 5.10 Å². The van der Waals surface area contributed by atoms with Crippen LogP contribution in [-0.2, 0) is 19.3 Å². The van der Waals surface area contributed by atoms with Gasteiger partial charge in [-0.25, -0.2) is 4.39 Å². The molecule has 2 N–H and O–H groups in total. The Morgan fingerprint density at radius 2 is 2.00 bits per heavy atom. The fourth-order valence-corrected chi connectivity index (χ4v) is 1.62. The highest BCUT2D eigenvalue weighted by Crippen LogP contribution is 2.28. The van der Waals surface area contributed by atoms with Crippen LogP contribution < -0.4 is 5.73 Å². The van der Waals surface area contributed by atoms with E-state index in [-0.39, 0.29) is 18.7 Å². The van der Waals surface area contributed by atoms with Gasteiger partial charge in [0.05, 0.1) is 18.3 Å². The molecule has 0 fully saturated rings. The van der Waals surface area contributed by atoms with Crippen molar-refractivity contribution in [1.29, 1.82) is 0 Å². The number of benzene rings is 1. The lowest BCUT2D eigenvalue weighted by molar-refractivity contribution is -0.137. The van der Waals surface area contributed by atoms with Gasteiger partial charge in [0.1, 0.15) is 5.82 Å². The van der Waals surface area contributed by atoms with E-state index >= 15 is 0 Å². The lowest BCUT2D eigenvalue weighted by Gasteiger charge is -2.05. The predicted molar refractivity (Wildman–Crippen MR) is 60.6 cm³/mol. The van der Waals surface area contributed by atoms with Crippen LogP contribution in [-0.4, -0.2) is 9.78 Å². The van der Waals surface area contributed by atoms with Gasteiger partial charge in [-0.2, -0.15) is 18.3 Å². The molecule has 0 unspecified atom stereocenters. The van der Waals surface area contributed by atoms with Crippen molar-refractivity contribution in [2.24, 2.45) is 5.73 Å². The summed E-state index contributed by atoms with van der Waals surface area (Å²) >= 11 is 0. The van der Waals surface area contributed by atoms with Gasteiger partial charge in [0.2, 0.25) is 0 Å². The summed E-state index contributed by atoms with van der Waals surface area (Å²) in [5, 5.41) is 3.57. The molecule has 0 amide bonds. The minimum absolute atomic E-state index is 0.0627. The maximum absolute atomic E-state index is 13.6. The molecular formula is C12H11F4N3. The Morgan fingerprint density at radius 1 is 1.26 bits per heavy atom. The zero-order chi connectivity index (χ0) is 14.0. The zero-order valence-corrected chi connectivity index (χ0v) is 9.78. The van der Waals surface area contributed by atoms with Gasteiger partial charge in [-0.05, 0) is 11.6 Å². The highest BCUT2D eigenvalue weighted by atomic mass is 19.4. The molecule has 0 radical (unpaired) electrons. The van der Waals surface area contributed by atoms with Crippen LogP contribution >= 0.6 is 0 Å². The molecule has 102 valence electrons. The van der Waals surface area contributed by atoms with Crippen molar-refractivity contribution in [3.05, 3.63) is 53.1 Å². The molecule has 0 bridgehead atoms. The van der Waals surface area contributed by atoms with Gasteiger partial charge in [0, 0.05) is 18.3 Å². The first-order valence-electron chi connectivity index (χ1n) is 5.47. The fraction of sp³-hybridized carbons (Fsp3) is 0.250. The predicted octanol–water partition coefficient (Wildman–Crippen LogP) is 2.55. The molecule has 2 aromatic rings. The lowest BCUT2D eigenvalue weighted by Crippen LogP contribution is -2.05. The molecule has 0 aliphatic carbocycles. The van der Waals surface area contributed by atoms with Crippen molar-refractivity contribution in [2.75, 3.05) is 0 Å². The number of nitrogens with zero attached hydrogens (tertiary/aromatic N) is 2. The average molecular weight is 273 g/mol. The van der Waals surface area contributed by atoms with Crippen molar-refractivity contribution in [2.45, 2.75) is 19.3 Å². The molecule has 1 aromatic heterocycles. The molecule has 0 spiro atoms. The first kappa shape index (κ1) is 13.5. The van der Waals surface area contributed by atoms with Gasteiger partial charge in [-0.3, -0.25) is 4.68 Å². The van der Waals surface area contributed by atoms with Crippen LogP contribution in [0.5, 0.6) is 0 Å². The van der Waals surface area contributed by atoms with Crippen LogP contribution in [0.15, 0.2) is 30.6 Å². The smallest absolute Gasteiger partial charge is 0.326 e. The summed E-state index contributed by atoms with van der Waals surface area (Å²) in [6.45, 7) is 0.143. The van der Waals surface area contributed by atoms with Crippen LogP contribution in [0.2, 0.25) is 0 Å². The van der Waals surface area contributed by atoms with Crippen molar-refractivity contribution >= 4 is 0 Å². The van der Waals surface area contributed by atoms with E-state index in [0.717, 1.165) is 10.9 Å². The zero-order valence-electron chi connectivity index (χ0n) is 9.78. The molecular weight excluding hydrogens is 262 g/mol. The van der Waals surface area contributed by atoms with E-state index in [0.29, 0.717) is 11.8 Å². The summed E-state index contributed by atoms with van der Waals surface area (Å²) in [4.78, 5) is 0. The van der Waals surface area contributed by atoms with E-state index in [1.165, 1.54) is 12.1 Å². The Kier molecular flexibility index (Phi) is 3.57. The molecule has 0 aliphatic heterocycles. The Bertz CT molecular complexity index is 575. The first-order valence-corrected chi connectivity index (χ1v) is 5.47. The monoisotopic (exact) mass is 273 g/mol. The lowest BCUT2D eigenvalue weighted by atomic mass is 10.1. The van der Waals surface area contributed by atoms with E-state index in [9.17, 15) is 17.6 Å². The van der Waals surface area contributed by atoms with Gasteiger partial charge in [0.25, 0.3) is 0 Å². The van der Waals surface area contributed by atoms with Crippen LogP contribution in [0, 0.1) is 5.82 Å². The number of hydrogen-bond donors (Lipinski definition) is 1. The van der Waals surface area contributed by atoms with Gasteiger partial charge in [-0.1, -0.05) is 12.1 Å². The Labute approximate surface area is 106 Å². The quantitative estimate of drug-likeness (QED) is 0.873. The molecule has 3 nitrogen and oxygen atoms in total. The van der Waals surface area contributed by atoms with Gasteiger partial charge >= 0.3 is 6.18 Å². The third-order valence-corrected chi connectivity index (χ3v) is 2.65. The van der Waals surface area contributed by atoms with Crippen LogP contribution in [0.3, 0.4) is 0 Å². The third-order valence-electron chi connectivity index (χ3n) is 2.65. The molecule has 2 rings (SSSR count). The maximum atomic E-state index is 13.6. The molecule has 1 heterocycles. The standard InChI is InChI=1S/C12H11F4N3/c13-11-3-8(4-17)1-2-9(11)6-19-7-10(5-18-19)12(14,15)16/h1-3,5,7H,4,6,17H2. The minimum Gasteiger partial charge on any atom is -0.326 e. The summed E-state index contributed by atoms with van der Waals surface area (Å²) in [5.41, 5.74) is 5.39. The number of rotatable bonds is 3. The second-order valence-corrected chi connectivity index (χ2v) is 4.05. The molecule has 7 heteroatoms. The van der Waals surface area contributed by atoms with Crippen LogP contribution in [0.4, 0.5) is 17.6 Å². The summed E-state index contributed by atoms with van der Waals surface area (Å²) in [5.74, 6) is -0.507. The van der Waals surface area contributed by atoms with Crippen LogP contribution in [0.1, 0.15) is 16.7 Å². The Hall–Kier alpha value is -1.89.